The fraction of sp³-hybridized carbons (Fsp3) is 0.500. The molecule has 2 rings (SSSR count). The molecule has 80 valence electrons. The number of esters is 1. The number of nitrogen functional groups attached to an aromatic ring is 1. The highest BCUT2D eigenvalue weighted by Crippen LogP contribution is 2.35. The fourth-order valence-electron chi connectivity index (χ4n) is 2.04. The number of nitrogens with two attached hydrogens (primary N) is 1. The third kappa shape index (κ3) is 1.54. The van der Waals surface area contributed by atoms with E-state index in [1.807, 2.05) is 0 Å². The first-order chi connectivity index (χ1) is 7.13. The van der Waals surface area contributed by atoms with Gasteiger partial charge in [-0.15, -0.1) is 0 Å². The van der Waals surface area contributed by atoms with Crippen LogP contribution < -0.4 is 5.73 Å². The molecule has 1 aliphatic carbocycles. The molecule has 1 atom stereocenters. The lowest BCUT2D eigenvalue weighted by atomic mass is 10.0. The lowest BCUT2D eigenvalue weighted by Gasteiger charge is -2.10. The monoisotopic (exact) mass is 207 g/mol. The van der Waals surface area contributed by atoms with Crippen LogP contribution in [-0.2, 0) is 16.0 Å². The number of aromatic nitrogens is 2. The van der Waals surface area contributed by atoms with Gasteiger partial charge in [0.15, 0.2) is 0 Å². The third-order valence-corrected chi connectivity index (χ3v) is 2.67. The Balaban J connectivity index is 2.46. The number of nitrogens with zero attached hydrogens (tertiary/aromatic N) is 2. The van der Waals surface area contributed by atoms with Crippen LogP contribution in [0, 0.1) is 6.92 Å². The van der Waals surface area contributed by atoms with Crippen molar-refractivity contribution in [2.75, 3.05) is 12.8 Å². The summed E-state index contributed by atoms with van der Waals surface area (Å²) in [6, 6.07) is 0. The zero-order valence-corrected chi connectivity index (χ0v) is 8.78. The first kappa shape index (κ1) is 9.89. The minimum Gasteiger partial charge on any atom is -0.469 e. The Bertz CT molecular complexity index is 417. The van der Waals surface area contributed by atoms with E-state index in [-0.39, 0.29) is 11.9 Å². The van der Waals surface area contributed by atoms with Crippen LogP contribution >= 0.6 is 0 Å². The lowest BCUT2D eigenvalue weighted by Crippen LogP contribution is -2.14. The molecule has 0 fully saturated rings. The van der Waals surface area contributed by atoms with Crippen LogP contribution in [0.1, 0.15) is 29.4 Å². The van der Waals surface area contributed by atoms with Crippen molar-refractivity contribution in [1.82, 2.24) is 9.97 Å². The van der Waals surface area contributed by atoms with Gasteiger partial charge in [-0.3, -0.25) is 4.79 Å². The zero-order chi connectivity index (χ0) is 11.0. The van der Waals surface area contributed by atoms with Gasteiger partial charge in [0.2, 0.25) is 0 Å². The van der Waals surface area contributed by atoms with E-state index in [1.54, 1.807) is 6.92 Å². The van der Waals surface area contributed by atoms with Crippen LogP contribution in [0.5, 0.6) is 0 Å². The first-order valence-corrected chi connectivity index (χ1v) is 4.84. The Morgan fingerprint density at radius 2 is 2.27 bits per heavy atom. The second kappa shape index (κ2) is 3.49. The largest absolute Gasteiger partial charge is 0.469 e. The topological polar surface area (TPSA) is 78.1 Å². The van der Waals surface area contributed by atoms with Crippen molar-refractivity contribution in [2.45, 2.75) is 25.7 Å². The quantitative estimate of drug-likeness (QED) is 0.681. The van der Waals surface area contributed by atoms with Gasteiger partial charge in [0, 0.05) is 5.56 Å². The molecule has 0 spiro atoms. The molecule has 0 bridgehead atoms. The van der Waals surface area contributed by atoms with Crippen molar-refractivity contribution >= 4 is 11.8 Å². The number of ether oxygens (including phenoxy) is 1. The van der Waals surface area contributed by atoms with Gasteiger partial charge >= 0.3 is 5.97 Å². The molecule has 15 heavy (non-hydrogen) atoms. The van der Waals surface area contributed by atoms with Crippen molar-refractivity contribution in [3.63, 3.8) is 0 Å². The van der Waals surface area contributed by atoms with Crippen molar-refractivity contribution in [3.8, 4) is 0 Å². The Morgan fingerprint density at radius 3 is 2.93 bits per heavy atom. The highest BCUT2D eigenvalue weighted by Gasteiger charge is 2.33. The average Bonchev–Trinajstić information content (AvgIpc) is 2.60. The molecule has 0 radical (unpaired) electrons. The number of carbonyl (C=O) groups is 1. The molecule has 1 aliphatic rings. The van der Waals surface area contributed by atoms with E-state index < -0.39 is 0 Å². The van der Waals surface area contributed by atoms with Crippen LogP contribution in [0.25, 0.3) is 0 Å². The first-order valence-electron chi connectivity index (χ1n) is 4.84. The second-order valence-electron chi connectivity index (χ2n) is 3.63. The summed E-state index contributed by atoms with van der Waals surface area (Å²) in [5, 5.41) is 0. The summed E-state index contributed by atoms with van der Waals surface area (Å²) < 4.78 is 4.73. The molecule has 5 nitrogen and oxygen atoms in total. The van der Waals surface area contributed by atoms with Gasteiger partial charge in [0.25, 0.3) is 0 Å². The minimum absolute atomic E-state index is 0.257. The maximum Gasteiger partial charge on any atom is 0.313 e. The highest BCUT2D eigenvalue weighted by atomic mass is 16.5. The predicted octanol–water partition coefficient (Wildman–Crippen LogP) is 0.570. The predicted molar refractivity (Wildman–Crippen MR) is 54.3 cm³/mol. The van der Waals surface area contributed by atoms with Gasteiger partial charge in [-0.2, -0.15) is 0 Å². The summed E-state index contributed by atoms with van der Waals surface area (Å²) in [7, 11) is 1.38. The molecule has 1 heterocycles. The van der Waals surface area contributed by atoms with Crippen molar-refractivity contribution in [2.24, 2.45) is 0 Å². The number of aryl methyl sites for hydroxylation is 2. The highest BCUT2D eigenvalue weighted by molar-refractivity contribution is 5.81. The lowest BCUT2D eigenvalue weighted by molar-refractivity contribution is -0.142. The molecule has 1 unspecified atom stereocenters. The van der Waals surface area contributed by atoms with Crippen LogP contribution in [0.3, 0.4) is 0 Å². The number of hydrogen-bond acceptors (Lipinski definition) is 5. The summed E-state index contributed by atoms with van der Waals surface area (Å²) in [5.41, 5.74) is 7.44. The molecule has 0 saturated heterocycles. The van der Waals surface area contributed by atoms with Crippen LogP contribution in [-0.4, -0.2) is 23.0 Å². The standard InChI is InChI=1S/C10H13N3O2/c1-5-12-7-4-3-6(10(14)15-2)8(7)9(11)13-5/h6H,3-4H2,1-2H3,(H2,11,12,13). The van der Waals surface area contributed by atoms with Crippen molar-refractivity contribution in [3.05, 3.63) is 17.1 Å². The maximum absolute atomic E-state index is 11.5. The molecule has 0 aliphatic heterocycles. The van der Waals surface area contributed by atoms with E-state index in [0.29, 0.717) is 18.1 Å². The zero-order valence-electron chi connectivity index (χ0n) is 8.78. The van der Waals surface area contributed by atoms with E-state index in [0.717, 1.165) is 17.7 Å². The average molecular weight is 207 g/mol. The number of fused-ring (bicyclic) bond motifs is 1. The van der Waals surface area contributed by atoms with E-state index in [2.05, 4.69) is 9.97 Å². The fourth-order valence-corrected chi connectivity index (χ4v) is 2.04. The summed E-state index contributed by atoms with van der Waals surface area (Å²) in [6.07, 6.45) is 1.48. The third-order valence-electron chi connectivity index (χ3n) is 2.67. The van der Waals surface area contributed by atoms with Gasteiger partial charge < -0.3 is 10.5 Å². The van der Waals surface area contributed by atoms with E-state index in [9.17, 15) is 4.79 Å². The van der Waals surface area contributed by atoms with E-state index >= 15 is 0 Å². The summed E-state index contributed by atoms with van der Waals surface area (Å²) in [6.45, 7) is 1.79. The molecule has 5 heteroatoms. The Labute approximate surface area is 87.7 Å². The smallest absolute Gasteiger partial charge is 0.313 e. The van der Waals surface area contributed by atoms with Gasteiger partial charge in [0.1, 0.15) is 11.6 Å². The Kier molecular flexibility index (Phi) is 2.30. The maximum atomic E-state index is 11.5. The molecule has 1 aromatic rings. The van der Waals surface area contributed by atoms with Crippen LogP contribution in [0.2, 0.25) is 0 Å². The van der Waals surface area contributed by atoms with E-state index in [4.69, 9.17) is 10.5 Å². The molecule has 0 saturated carbocycles. The molecule has 1 aromatic heterocycles. The molecule has 0 aromatic carbocycles. The Morgan fingerprint density at radius 1 is 1.53 bits per heavy atom. The SMILES string of the molecule is COC(=O)C1CCc2nc(C)nc(N)c21. The van der Waals surface area contributed by atoms with Gasteiger partial charge in [-0.1, -0.05) is 0 Å². The number of rotatable bonds is 1. The normalized spacial score (nSPS) is 18.7. The molecule has 0 amide bonds. The summed E-state index contributed by atoms with van der Waals surface area (Å²) in [5.74, 6) is 0.515. The van der Waals surface area contributed by atoms with Crippen molar-refractivity contribution < 1.29 is 9.53 Å². The van der Waals surface area contributed by atoms with Gasteiger partial charge in [-0.25, -0.2) is 9.97 Å². The molecular formula is C10H13N3O2. The number of hydrogen-bond donors (Lipinski definition) is 1. The second-order valence-corrected chi connectivity index (χ2v) is 3.63. The number of methoxy groups -OCH3 is 1. The van der Waals surface area contributed by atoms with Crippen LogP contribution in [0.15, 0.2) is 0 Å². The molecular weight excluding hydrogens is 194 g/mol. The number of carbonyl (C=O) groups excluding carboxylic acids is 1. The van der Waals surface area contributed by atoms with Gasteiger partial charge in [-0.05, 0) is 19.8 Å². The van der Waals surface area contributed by atoms with Crippen molar-refractivity contribution in [1.29, 1.82) is 0 Å². The van der Waals surface area contributed by atoms with Gasteiger partial charge in [0.05, 0.1) is 18.7 Å². The summed E-state index contributed by atoms with van der Waals surface area (Å²) >= 11 is 0. The summed E-state index contributed by atoms with van der Waals surface area (Å²) in [4.78, 5) is 19.8. The number of anilines is 1. The van der Waals surface area contributed by atoms with Crippen LogP contribution in [0.4, 0.5) is 5.82 Å². The minimum atomic E-state index is -0.286. The molecule has 2 N–H and O–H groups in total. The van der Waals surface area contributed by atoms with E-state index in [1.165, 1.54) is 7.11 Å². The Hall–Kier alpha value is -1.65.